The number of tetrazole rings is 1. The molecule has 118 valence electrons. The summed E-state index contributed by atoms with van der Waals surface area (Å²) >= 11 is 0. The molecule has 0 N–H and O–H groups in total. The summed E-state index contributed by atoms with van der Waals surface area (Å²) in [5.74, 6) is 7.77. The summed E-state index contributed by atoms with van der Waals surface area (Å²) in [6, 6.07) is 8.07. The van der Waals surface area contributed by atoms with E-state index in [1.807, 2.05) is 24.3 Å². The first kappa shape index (κ1) is 14.4. The molecule has 0 radical (unpaired) electrons. The Hall–Kier alpha value is -2.19. The minimum Gasteiger partial charge on any atom is -0.376 e. The van der Waals surface area contributed by atoms with Gasteiger partial charge in [0.25, 0.3) is 0 Å². The van der Waals surface area contributed by atoms with Gasteiger partial charge in [-0.15, -0.1) is 10.2 Å². The van der Waals surface area contributed by atoms with Crippen LogP contribution in [0.25, 0.3) is 11.4 Å². The zero-order chi connectivity index (χ0) is 15.5. The first-order valence-corrected chi connectivity index (χ1v) is 8.38. The van der Waals surface area contributed by atoms with Crippen molar-refractivity contribution in [3.63, 3.8) is 0 Å². The molecule has 1 atom stereocenters. The Balaban J connectivity index is 1.42. The molecule has 2 heterocycles. The molecule has 23 heavy (non-hydrogen) atoms. The van der Waals surface area contributed by atoms with Crippen LogP contribution in [-0.2, 0) is 11.3 Å². The van der Waals surface area contributed by atoms with E-state index in [4.69, 9.17) is 4.74 Å². The molecular weight excluding hydrogens is 288 g/mol. The minimum absolute atomic E-state index is 0.214. The van der Waals surface area contributed by atoms with Crippen LogP contribution >= 0.6 is 0 Å². The normalized spacial score (nSPS) is 20.8. The first-order chi connectivity index (χ1) is 11.4. The summed E-state index contributed by atoms with van der Waals surface area (Å²) in [5.41, 5.74) is 2.02. The molecule has 2 fully saturated rings. The van der Waals surface area contributed by atoms with Gasteiger partial charge in [0.2, 0.25) is 5.82 Å². The van der Waals surface area contributed by atoms with E-state index in [2.05, 4.69) is 27.3 Å². The first-order valence-electron chi connectivity index (χ1n) is 8.38. The highest BCUT2D eigenvalue weighted by Crippen LogP contribution is 2.27. The number of hydrogen-bond donors (Lipinski definition) is 0. The Bertz CT molecular complexity index is 715. The number of aromatic nitrogens is 4. The van der Waals surface area contributed by atoms with Crippen LogP contribution in [0.1, 0.15) is 37.7 Å². The fraction of sp³-hybridized carbons (Fsp3) is 0.500. The monoisotopic (exact) mass is 308 g/mol. The molecule has 1 aliphatic carbocycles. The van der Waals surface area contributed by atoms with Gasteiger partial charge in [-0.1, -0.05) is 11.8 Å². The van der Waals surface area contributed by atoms with Gasteiger partial charge in [0, 0.05) is 23.7 Å². The minimum atomic E-state index is 0.214. The second kappa shape index (κ2) is 6.51. The third-order valence-electron chi connectivity index (χ3n) is 4.23. The average Bonchev–Trinajstić information content (AvgIpc) is 3.32. The maximum atomic E-state index is 5.72. The number of benzene rings is 1. The lowest BCUT2D eigenvalue weighted by molar-refractivity contribution is 0.00133. The van der Waals surface area contributed by atoms with Crippen LogP contribution < -0.4 is 0 Å². The van der Waals surface area contributed by atoms with Crippen LogP contribution in [0.4, 0.5) is 0 Å². The van der Waals surface area contributed by atoms with Gasteiger partial charge in [0.05, 0.1) is 12.6 Å². The van der Waals surface area contributed by atoms with Crippen molar-refractivity contribution in [2.24, 2.45) is 5.92 Å². The van der Waals surface area contributed by atoms with E-state index in [1.165, 1.54) is 19.3 Å². The van der Waals surface area contributed by atoms with Crippen LogP contribution in [-0.4, -0.2) is 32.9 Å². The lowest BCUT2D eigenvalue weighted by Crippen LogP contribution is -2.25. The predicted molar refractivity (Wildman–Crippen MR) is 86.4 cm³/mol. The molecule has 0 bridgehead atoms. The lowest BCUT2D eigenvalue weighted by Gasteiger charge is -2.21. The summed E-state index contributed by atoms with van der Waals surface area (Å²) in [5, 5.41) is 12.8. The molecule has 1 aliphatic heterocycles. The molecule has 1 saturated carbocycles. The average molecular weight is 308 g/mol. The highest BCUT2D eigenvalue weighted by atomic mass is 16.5. The van der Waals surface area contributed by atoms with Gasteiger partial charge in [-0.2, -0.15) is 4.80 Å². The van der Waals surface area contributed by atoms with Crippen molar-refractivity contribution >= 4 is 0 Å². The number of rotatable bonds is 3. The molecule has 1 aromatic heterocycles. The molecule has 1 unspecified atom stereocenters. The number of nitrogens with zero attached hydrogens (tertiary/aromatic N) is 4. The van der Waals surface area contributed by atoms with Gasteiger partial charge >= 0.3 is 0 Å². The standard InChI is InChI=1S/C18H20N4O/c1-2-12-23-17(3-1)13-22-20-18(19-21-22)16-10-8-15(9-11-16)7-6-14-4-5-14/h8-11,14,17H,1-5,12-13H2. The number of ether oxygens (including phenoxy) is 1. The van der Waals surface area contributed by atoms with Crippen molar-refractivity contribution < 1.29 is 4.74 Å². The highest BCUT2D eigenvalue weighted by Gasteiger charge is 2.18. The van der Waals surface area contributed by atoms with Crippen LogP contribution in [0, 0.1) is 17.8 Å². The molecular formula is C18H20N4O. The van der Waals surface area contributed by atoms with Gasteiger partial charge in [-0.25, -0.2) is 0 Å². The zero-order valence-corrected chi connectivity index (χ0v) is 13.1. The van der Waals surface area contributed by atoms with Crippen LogP contribution in [0.5, 0.6) is 0 Å². The summed E-state index contributed by atoms with van der Waals surface area (Å²) < 4.78 is 5.72. The Morgan fingerprint density at radius 3 is 2.74 bits per heavy atom. The Morgan fingerprint density at radius 1 is 1.13 bits per heavy atom. The SMILES string of the molecule is C(#CC1CC1)c1ccc(-c2nnn(CC3CCCCO3)n2)cc1. The van der Waals surface area contributed by atoms with Crippen LogP contribution in [0.3, 0.4) is 0 Å². The van der Waals surface area contributed by atoms with E-state index >= 15 is 0 Å². The van der Waals surface area contributed by atoms with E-state index in [-0.39, 0.29) is 6.10 Å². The van der Waals surface area contributed by atoms with E-state index < -0.39 is 0 Å². The fourth-order valence-electron chi connectivity index (χ4n) is 2.69. The second-order valence-electron chi connectivity index (χ2n) is 6.28. The van der Waals surface area contributed by atoms with Crippen molar-refractivity contribution in [1.82, 2.24) is 20.2 Å². The third kappa shape index (κ3) is 3.77. The summed E-state index contributed by atoms with van der Waals surface area (Å²) in [6.45, 7) is 1.52. The van der Waals surface area contributed by atoms with Crippen LogP contribution in [0.2, 0.25) is 0 Å². The van der Waals surface area contributed by atoms with Crippen molar-refractivity contribution in [3.8, 4) is 23.2 Å². The predicted octanol–water partition coefficient (Wildman–Crippen LogP) is 2.67. The molecule has 4 rings (SSSR count). The van der Waals surface area contributed by atoms with E-state index in [1.54, 1.807) is 4.80 Å². The molecule has 0 amide bonds. The lowest BCUT2D eigenvalue weighted by atomic mass is 10.1. The molecule has 5 heteroatoms. The Morgan fingerprint density at radius 2 is 2.00 bits per heavy atom. The maximum absolute atomic E-state index is 5.72. The third-order valence-corrected chi connectivity index (χ3v) is 4.23. The number of hydrogen-bond acceptors (Lipinski definition) is 4. The molecule has 0 spiro atoms. The second-order valence-corrected chi connectivity index (χ2v) is 6.28. The highest BCUT2D eigenvalue weighted by molar-refractivity contribution is 5.55. The van der Waals surface area contributed by atoms with E-state index in [9.17, 15) is 0 Å². The fourth-order valence-corrected chi connectivity index (χ4v) is 2.69. The van der Waals surface area contributed by atoms with Gasteiger partial charge in [-0.3, -0.25) is 0 Å². The van der Waals surface area contributed by atoms with Crippen molar-refractivity contribution in [1.29, 1.82) is 0 Å². The van der Waals surface area contributed by atoms with Crippen molar-refractivity contribution in [3.05, 3.63) is 29.8 Å². The molecule has 2 aliphatic rings. The summed E-state index contributed by atoms with van der Waals surface area (Å²) in [4.78, 5) is 1.64. The van der Waals surface area contributed by atoms with Gasteiger partial charge in [0.1, 0.15) is 0 Å². The largest absolute Gasteiger partial charge is 0.376 e. The quantitative estimate of drug-likeness (QED) is 0.818. The Kier molecular flexibility index (Phi) is 4.08. The van der Waals surface area contributed by atoms with Gasteiger partial charge < -0.3 is 4.74 Å². The van der Waals surface area contributed by atoms with Gasteiger partial charge in [-0.05, 0) is 61.6 Å². The molecule has 1 aromatic carbocycles. The zero-order valence-electron chi connectivity index (χ0n) is 13.1. The maximum Gasteiger partial charge on any atom is 0.204 e. The van der Waals surface area contributed by atoms with E-state index in [0.717, 1.165) is 30.6 Å². The van der Waals surface area contributed by atoms with E-state index in [0.29, 0.717) is 18.3 Å². The van der Waals surface area contributed by atoms with Crippen molar-refractivity contribution in [2.75, 3.05) is 6.61 Å². The smallest absolute Gasteiger partial charge is 0.204 e. The van der Waals surface area contributed by atoms with Gasteiger partial charge in [0.15, 0.2) is 0 Å². The van der Waals surface area contributed by atoms with Crippen molar-refractivity contribution in [2.45, 2.75) is 44.8 Å². The molecule has 1 saturated heterocycles. The molecule has 5 nitrogen and oxygen atoms in total. The molecule has 2 aromatic rings. The topological polar surface area (TPSA) is 52.8 Å². The summed E-state index contributed by atoms with van der Waals surface area (Å²) in [6.07, 6.45) is 6.17. The summed E-state index contributed by atoms with van der Waals surface area (Å²) in [7, 11) is 0. The van der Waals surface area contributed by atoms with Crippen LogP contribution in [0.15, 0.2) is 24.3 Å². The Labute approximate surface area is 136 Å².